The summed E-state index contributed by atoms with van der Waals surface area (Å²) in [6.45, 7) is 0. The Morgan fingerprint density at radius 1 is 1.24 bits per heavy atom. The van der Waals surface area contributed by atoms with E-state index in [4.69, 9.17) is 5.11 Å². The van der Waals surface area contributed by atoms with Gasteiger partial charge in [0.25, 0.3) is 5.91 Å². The number of carboxylic acid groups (broad SMARTS) is 1. The standard InChI is InChI=1S/C19H13N3O3/c23-18-13(15-6-7-16(19(24)25)22(15)18)9-12-10-21-14-4-2-1-3-11(14)5-8-17(21)20-12/h1-5,7-10,15H,6H2,(H,24,25)/b13-9+. The van der Waals surface area contributed by atoms with Crippen LogP contribution in [0.25, 0.3) is 22.6 Å². The fraction of sp³-hybridized carbons (Fsp3) is 0.105. The van der Waals surface area contributed by atoms with Crippen LogP contribution in [0, 0.1) is 0 Å². The number of fused-ring (bicyclic) bond motifs is 4. The van der Waals surface area contributed by atoms with Gasteiger partial charge in [-0.3, -0.25) is 14.1 Å². The molecule has 1 N–H and O–H groups in total. The van der Waals surface area contributed by atoms with Crippen molar-refractivity contribution in [2.24, 2.45) is 0 Å². The highest BCUT2D eigenvalue weighted by Crippen LogP contribution is 2.39. The van der Waals surface area contributed by atoms with E-state index in [-0.39, 0.29) is 17.6 Å². The van der Waals surface area contributed by atoms with Crippen LogP contribution < -0.4 is 0 Å². The fourth-order valence-corrected chi connectivity index (χ4v) is 3.64. The minimum atomic E-state index is -1.06. The number of nitrogens with zero attached hydrogens (tertiary/aromatic N) is 3. The molecule has 0 bridgehead atoms. The number of para-hydroxylation sites is 1. The maximum Gasteiger partial charge on any atom is 0.352 e. The normalized spacial score (nSPS) is 20.9. The van der Waals surface area contributed by atoms with Crippen LogP contribution >= 0.6 is 0 Å². The first-order valence-electron chi connectivity index (χ1n) is 7.99. The van der Waals surface area contributed by atoms with E-state index in [0.29, 0.717) is 17.7 Å². The third-order valence-electron chi connectivity index (χ3n) is 4.81. The number of hydrogen-bond acceptors (Lipinski definition) is 3. The van der Waals surface area contributed by atoms with Gasteiger partial charge in [0.05, 0.1) is 17.3 Å². The van der Waals surface area contributed by atoms with Gasteiger partial charge in [0.2, 0.25) is 0 Å². The molecule has 2 aliphatic heterocycles. The first-order chi connectivity index (χ1) is 12.1. The summed E-state index contributed by atoms with van der Waals surface area (Å²) in [7, 11) is 0. The summed E-state index contributed by atoms with van der Waals surface area (Å²) in [5.41, 5.74) is 3.25. The average Bonchev–Trinajstić information content (AvgIpc) is 3.21. The van der Waals surface area contributed by atoms with Crippen LogP contribution in [0.2, 0.25) is 0 Å². The molecule has 0 spiro atoms. The Morgan fingerprint density at radius 2 is 2.08 bits per heavy atom. The van der Waals surface area contributed by atoms with Crippen LogP contribution in [-0.2, 0) is 9.59 Å². The van der Waals surface area contributed by atoms with E-state index in [1.165, 1.54) is 4.90 Å². The molecule has 0 saturated carbocycles. The molecule has 4 heterocycles. The molecular formula is C19H13N3O3. The van der Waals surface area contributed by atoms with Gasteiger partial charge >= 0.3 is 5.97 Å². The summed E-state index contributed by atoms with van der Waals surface area (Å²) in [6, 6.07) is 11.8. The lowest BCUT2D eigenvalue weighted by atomic mass is 9.94. The van der Waals surface area contributed by atoms with Crippen LogP contribution in [0.1, 0.15) is 12.1 Å². The van der Waals surface area contributed by atoms with Crippen molar-refractivity contribution in [3.05, 3.63) is 65.6 Å². The monoisotopic (exact) mass is 331 g/mol. The van der Waals surface area contributed by atoms with Crippen LogP contribution in [0.3, 0.4) is 0 Å². The van der Waals surface area contributed by atoms with Crippen molar-refractivity contribution in [2.45, 2.75) is 12.5 Å². The summed E-state index contributed by atoms with van der Waals surface area (Å²) < 4.78 is 2.00. The number of carboxylic acids is 1. The van der Waals surface area contributed by atoms with Crippen molar-refractivity contribution in [3.8, 4) is 0 Å². The number of amides is 1. The zero-order chi connectivity index (χ0) is 17.1. The molecule has 25 heavy (non-hydrogen) atoms. The number of rotatable bonds is 2. The fourth-order valence-electron chi connectivity index (χ4n) is 3.64. The van der Waals surface area contributed by atoms with E-state index in [0.717, 1.165) is 16.6 Å². The third kappa shape index (κ3) is 1.88. The van der Waals surface area contributed by atoms with Gasteiger partial charge in [-0.15, -0.1) is 0 Å². The number of aliphatic carboxylic acids is 1. The minimum absolute atomic E-state index is 0.0770. The van der Waals surface area contributed by atoms with E-state index < -0.39 is 5.97 Å². The number of imidazole rings is 1. The maximum absolute atomic E-state index is 12.3. The lowest BCUT2D eigenvalue weighted by Crippen LogP contribution is -2.52. The highest BCUT2D eigenvalue weighted by atomic mass is 16.4. The van der Waals surface area contributed by atoms with E-state index in [2.05, 4.69) is 4.98 Å². The molecule has 1 amide bonds. The van der Waals surface area contributed by atoms with Gasteiger partial charge in [0.1, 0.15) is 11.3 Å². The van der Waals surface area contributed by atoms with Crippen molar-refractivity contribution >= 4 is 34.5 Å². The van der Waals surface area contributed by atoms with E-state index in [9.17, 15) is 9.59 Å². The first kappa shape index (κ1) is 14.0. The molecule has 1 unspecified atom stereocenters. The summed E-state index contributed by atoms with van der Waals surface area (Å²) in [5, 5.41) is 10.2. The van der Waals surface area contributed by atoms with E-state index in [1.807, 2.05) is 47.0 Å². The van der Waals surface area contributed by atoms with Gasteiger partial charge in [0, 0.05) is 11.8 Å². The second kappa shape index (κ2) is 4.80. The predicted octanol–water partition coefficient (Wildman–Crippen LogP) is 2.45. The largest absolute Gasteiger partial charge is 0.477 e. The number of pyridine rings is 1. The lowest BCUT2D eigenvalue weighted by Gasteiger charge is -2.38. The maximum atomic E-state index is 12.3. The Bertz CT molecular complexity index is 1140. The molecule has 6 heteroatoms. The highest BCUT2D eigenvalue weighted by Gasteiger charge is 2.48. The lowest BCUT2D eigenvalue weighted by molar-refractivity contribution is -0.142. The van der Waals surface area contributed by atoms with Crippen LogP contribution in [0.4, 0.5) is 0 Å². The van der Waals surface area contributed by atoms with Gasteiger partial charge in [-0.2, -0.15) is 0 Å². The molecular weight excluding hydrogens is 318 g/mol. The van der Waals surface area contributed by atoms with Crippen molar-refractivity contribution in [1.29, 1.82) is 0 Å². The van der Waals surface area contributed by atoms with Crippen molar-refractivity contribution < 1.29 is 14.7 Å². The van der Waals surface area contributed by atoms with Gasteiger partial charge in [0.15, 0.2) is 0 Å². The van der Waals surface area contributed by atoms with Crippen LogP contribution in [-0.4, -0.2) is 37.3 Å². The second-order valence-corrected chi connectivity index (χ2v) is 6.21. The summed E-state index contributed by atoms with van der Waals surface area (Å²) in [5.74, 6) is -1.31. The molecule has 0 aliphatic carbocycles. The summed E-state index contributed by atoms with van der Waals surface area (Å²) >= 11 is 0. The molecule has 6 nitrogen and oxygen atoms in total. The first-order valence-corrected chi connectivity index (χ1v) is 7.99. The molecule has 1 saturated heterocycles. The molecule has 1 atom stereocenters. The van der Waals surface area contributed by atoms with Gasteiger partial charge in [-0.1, -0.05) is 24.3 Å². The zero-order valence-corrected chi connectivity index (χ0v) is 13.1. The van der Waals surface area contributed by atoms with Crippen molar-refractivity contribution in [1.82, 2.24) is 14.3 Å². The Morgan fingerprint density at radius 3 is 2.92 bits per heavy atom. The highest BCUT2D eigenvalue weighted by molar-refractivity contribution is 6.11. The molecule has 1 fully saturated rings. The zero-order valence-electron chi connectivity index (χ0n) is 13.1. The molecule has 2 aliphatic rings. The molecule has 5 rings (SSSR count). The van der Waals surface area contributed by atoms with Gasteiger partial charge in [-0.25, -0.2) is 9.78 Å². The number of benzene rings is 1. The smallest absolute Gasteiger partial charge is 0.352 e. The number of carbonyl (C=O) groups excluding carboxylic acids is 1. The number of carbonyl (C=O) groups is 2. The Balaban J connectivity index is 1.55. The quantitative estimate of drug-likeness (QED) is 0.578. The average molecular weight is 331 g/mol. The molecule has 3 aromatic rings. The molecule has 122 valence electrons. The molecule has 2 aromatic heterocycles. The predicted molar refractivity (Wildman–Crippen MR) is 91.6 cm³/mol. The third-order valence-corrected chi connectivity index (χ3v) is 4.81. The summed E-state index contributed by atoms with van der Waals surface area (Å²) in [4.78, 5) is 29.4. The van der Waals surface area contributed by atoms with Crippen LogP contribution in [0.15, 0.2) is 59.9 Å². The van der Waals surface area contributed by atoms with Gasteiger partial charge in [-0.05, 0) is 36.1 Å². The topological polar surface area (TPSA) is 74.9 Å². The van der Waals surface area contributed by atoms with E-state index in [1.54, 1.807) is 12.2 Å². The van der Waals surface area contributed by atoms with Crippen molar-refractivity contribution in [3.63, 3.8) is 0 Å². The number of hydrogen-bond donors (Lipinski definition) is 1. The Labute approximate surface area is 142 Å². The van der Waals surface area contributed by atoms with Crippen molar-refractivity contribution in [2.75, 3.05) is 0 Å². The number of β-lactam (4-membered cyclic amide) rings is 1. The molecule has 0 radical (unpaired) electrons. The number of aromatic nitrogens is 2. The second-order valence-electron chi connectivity index (χ2n) is 6.21. The van der Waals surface area contributed by atoms with E-state index >= 15 is 0 Å². The van der Waals surface area contributed by atoms with Crippen LogP contribution in [0.5, 0.6) is 0 Å². The minimum Gasteiger partial charge on any atom is -0.477 e. The Kier molecular flexibility index (Phi) is 2.68. The Hall–Kier alpha value is -3.41. The summed E-state index contributed by atoms with van der Waals surface area (Å²) in [6.07, 6.45) is 5.81. The SMILES string of the molecule is O=C(O)C1=CCC2/C(=C\c3cn4c(ccc5ccccc54)n3)C(=O)N12. The van der Waals surface area contributed by atoms with Gasteiger partial charge < -0.3 is 5.11 Å². The molecule has 1 aromatic carbocycles.